The largest absolute Gasteiger partial charge is 0.493 e. The predicted molar refractivity (Wildman–Crippen MR) is 123 cm³/mol. The predicted octanol–water partition coefficient (Wildman–Crippen LogP) is 5.14. The van der Waals surface area contributed by atoms with Crippen molar-refractivity contribution in [2.75, 3.05) is 11.9 Å². The highest BCUT2D eigenvalue weighted by Crippen LogP contribution is 2.23. The number of nitrogens with one attached hydrogen (secondary N) is 1. The van der Waals surface area contributed by atoms with Gasteiger partial charge in [-0.15, -0.1) is 0 Å². The molecular formula is C25H26N4O2. The standard InChI is InChI=1S/C25H26N4O2/c1-17-8-6-9-18(2)25(17)31-15-7-12-24(30)27-23-16-19(3)28-29(23)22-14-13-20-10-4-5-11-21(20)26-22/h4-6,8-11,13-14,16H,7,12,15H2,1-3H3,(H,27,30). The summed E-state index contributed by atoms with van der Waals surface area (Å²) in [6, 6.07) is 19.7. The fraction of sp³-hybridized carbons (Fsp3) is 0.240. The first-order chi connectivity index (χ1) is 15.0. The van der Waals surface area contributed by atoms with E-state index in [4.69, 9.17) is 4.74 Å². The van der Waals surface area contributed by atoms with Crippen LogP contribution in [0.1, 0.15) is 29.7 Å². The summed E-state index contributed by atoms with van der Waals surface area (Å²) in [6.45, 7) is 6.44. The van der Waals surface area contributed by atoms with Gasteiger partial charge in [0.25, 0.3) is 0 Å². The molecule has 0 fully saturated rings. The van der Waals surface area contributed by atoms with Gasteiger partial charge in [0.15, 0.2) is 5.82 Å². The highest BCUT2D eigenvalue weighted by molar-refractivity contribution is 5.90. The van der Waals surface area contributed by atoms with E-state index in [1.807, 2.05) is 81.4 Å². The number of nitrogens with zero attached hydrogens (tertiary/aromatic N) is 3. The summed E-state index contributed by atoms with van der Waals surface area (Å²) in [5.74, 6) is 2.10. The molecule has 0 radical (unpaired) electrons. The van der Waals surface area contributed by atoms with Crippen molar-refractivity contribution in [1.29, 1.82) is 0 Å². The first-order valence-electron chi connectivity index (χ1n) is 10.4. The van der Waals surface area contributed by atoms with Crippen molar-refractivity contribution in [1.82, 2.24) is 14.8 Å². The van der Waals surface area contributed by atoms with Gasteiger partial charge in [0.05, 0.1) is 17.8 Å². The third-order valence-corrected chi connectivity index (χ3v) is 5.10. The molecule has 0 spiro atoms. The Bertz CT molecular complexity index is 1210. The molecule has 0 unspecified atom stereocenters. The van der Waals surface area contributed by atoms with Crippen molar-refractivity contribution in [3.8, 4) is 11.6 Å². The van der Waals surface area contributed by atoms with Crippen LogP contribution in [0.3, 0.4) is 0 Å². The van der Waals surface area contributed by atoms with E-state index in [1.165, 1.54) is 0 Å². The van der Waals surface area contributed by atoms with Crippen LogP contribution in [0.25, 0.3) is 16.7 Å². The second kappa shape index (κ2) is 9.00. The normalized spacial score (nSPS) is 10.9. The zero-order valence-electron chi connectivity index (χ0n) is 18.1. The fourth-order valence-electron chi connectivity index (χ4n) is 3.58. The number of carbonyl (C=O) groups is 1. The first kappa shape index (κ1) is 20.6. The molecule has 0 saturated carbocycles. The summed E-state index contributed by atoms with van der Waals surface area (Å²) in [5, 5.41) is 8.54. The number of aromatic nitrogens is 3. The van der Waals surface area contributed by atoms with Crippen LogP contribution in [0.5, 0.6) is 5.75 Å². The van der Waals surface area contributed by atoms with Crippen LogP contribution in [0.4, 0.5) is 5.82 Å². The Hall–Kier alpha value is -3.67. The third kappa shape index (κ3) is 4.74. The van der Waals surface area contributed by atoms with Crippen LogP contribution in [0.15, 0.2) is 60.7 Å². The molecule has 0 saturated heterocycles. The van der Waals surface area contributed by atoms with Gasteiger partial charge < -0.3 is 10.1 Å². The van der Waals surface area contributed by atoms with Gasteiger partial charge in [-0.25, -0.2) is 4.98 Å². The lowest BCUT2D eigenvalue weighted by Crippen LogP contribution is -2.16. The molecule has 0 aliphatic heterocycles. The Balaban J connectivity index is 1.39. The number of ether oxygens (including phenoxy) is 1. The molecule has 31 heavy (non-hydrogen) atoms. The van der Waals surface area contributed by atoms with E-state index in [-0.39, 0.29) is 5.91 Å². The molecule has 2 aromatic carbocycles. The number of rotatable bonds is 7. The number of carbonyl (C=O) groups excluding carboxylic acids is 1. The van der Waals surface area contributed by atoms with Crippen LogP contribution < -0.4 is 10.1 Å². The molecule has 6 nitrogen and oxygen atoms in total. The number of fused-ring (bicyclic) bond motifs is 1. The number of para-hydroxylation sites is 2. The number of hydrogen-bond donors (Lipinski definition) is 1. The van der Waals surface area contributed by atoms with Crippen molar-refractivity contribution in [3.63, 3.8) is 0 Å². The zero-order valence-corrected chi connectivity index (χ0v) is 18.1. The first-order valence-corrected chi connectivity index (χ1v) is 10.4. The SMILES string of the molecule is Cc1cc(NC(=O)CCCOc2c(C)cccc2C)n(-c2ccc3ccccc3n2)n1. The zero-order chi connectivity index (χ0) is 21.8. The monoisotopic (exact) mass is 414 g/mol. The number of aryl methyl sites for hydroxylation is 3. The number of anilines is 1. The lowest BCUT2D eigenvalue weighted by atomic mass is 10.1. The summed E-state index contributed by atoms with van der Waals surface area (Å²) >= 11 is 0. The Kier molecular flexibility index (Phi) is 5.98. The van der Waals surface area contributed by atoms with E-state index in [1.54, 1.807) is 4.68 Å². The van der Waals surface area contributed by atoms with Crippen molar-refractivity contribution in [2.45, 2.75) is 33.6 Å². The van der Waals surface area contributed by atoms with Gasteiger partial charge in [-0.3, -0.25) is 4.79 Å². The van der Waals surface area contributed by atoms with Crippen LogP contribution >= 0.6 is 0 Å². The van der Waals surface area contributed by atoms with Gasteiger partial charge in [0.1, 0.15) is 11.6 Å². The average molecular weight is 415 g/mol. The molecule has 1 amide bonds. The Morgan fingerprint density at radius 1 is 1.00 bits per heavy atom. The molecule has 158 valence electrons. The fourth-order valence-corrected chi connectivity index (χ4v) is 3.58. The van der Waals surface area contributed by atoms with Crippen LogP contribution in [0.2, 0.25) is 0 Å². The quantitative estimate of drug-likeness (QED) is 0.425. The highest BCUT2D eigenvalue weighted by Gasteiger charge is 2.13. The highest BCUT2D eigenvalue weighted by atomic mass is 16.5. The molecule has 0 aliphatic rings. The topological polar surface area (TPSA) is 69.0 Å². The number of amides is 1. The summed E-state index contributed by atoms with van der Waals surface area (Å²) in [5.41, 5.74) is 3.90. The molecule has 0 atom stereocenters. The number of pyridine rings is 1. The molecule has 2 heterocycles. The molecule has 0 aliphatic carbocycles. The van der Waals surface area contributed by atoms with E-state index < -0.39 is 0 Å². The minimum absolute atomic E-state index is 0.0768. The molecule has 1 N–H and O–H groups in total. The van der Waals surface area contributed by atoms with E-state index in [0.29, 0.717) is 31.1 Å². The summed E-state index contributed by atoms with van der Waals surface area (Å²) in [6.07, 6.45) is 0.987. The van der Waals surface area contributed by atoms with Crippen molar-refractivity contribution < 1.29 is 9.53 Å². The third-order valence-electron chi connectivity index (χ3n) is 5.10. The van der Waals surface area contributed by atoms with Crippen LogP contribution in [0, 0.1) is 20.8 Å². The molecule has 4 aromatic rings. The average Bonchev–Trinajstić information content (AvgIpc) is 3.12. The molecule has 6 heteroatoms. The minimum atomic E-state index is -0.0768. The van der Waals surface area contributed by atoms with Gasteiger partial charge in [-0.05, 0) is 56.5 Å². The van der Waals surface area contributed by atoms with Gasteiger partial charge in [-0.1, -0.05) is 36.4 Å². The van der Waals surface area contributed by atoms with E-state index in [9.17, 15) is 4.79 Å². The number of hydrogen-bond acceptors (Lipinski definition) is 4. The van der Waals surface area contributed by atoms with Crippen molar-refractivity contribution >= 4 is 22.6 Å². The Labute approximate surface area is 181 Å². The van der Waals surface area contributed by atoms with Crippen LogP contribution in [-0.4, -0.2) is 27.3 Å². The maximum absolute atomic E-state index is 12.5. The summed E-state index contributed by atoms with van der Waals surface area (Å²) in [4.78, 5) is 17.2. The second-order valence-electron chi connectivity index (χ2n) is 7.67. The maximum atomic E-state index is 12.5. The second-order valence-corrected chi connectivity index (χ2v) is 7.67. The van der Waals surface area contributed by atoms with Gasteiger partial charge in [0.2, 0.25) is 5.91 Å². The molecule has 0 bridgehead atoms. The summed E-state index contributed by atoms with van der Waals surface area (Å²) in [7, 11) is 0. The lowest BCUT2D eigenvalue weighted by Gasteiger charge is -2.12. The maximum Gasteiger partial charge on any atom is 0.225 e. The van der Waals surface area contributed by atoms with Crippen molar-refractivity contribution in [3.05, 3.63) is 77.5 Å². The van der Waals surface area contributed by atoms with E-state index >= 15 is 0 Å². The van der Waals surface area contributed by atoms with Crippen molar-refractivity contribution in [2.24, 2.45) is 0 Å². The lowest BCUT2D eigenvalue weighted by molar-refractivity contribution is -0.116. The molecule has 4 rings (SSSR count). The van der Waals surface area contributed by atoms with Gasteiger partial charge in [-0.2, -0.15) is 9.78 Å². The smallest absolute Gasteiger partial charge is 0.225 e. The minimum Gasteiger partial charge on any atom is -0.493 e. The Morgan fingerprint density at radius 2 is 1.77 bits per heavy atom. The van der Waals surface area contributed by atoms with E-state index in [2.05, 4.69) is 15.4 Å². The van der Waals surface area contributed by atoms with Gasteiger partial charge >= 0.3 is 0 Å². The van der Waals surface area contributed by atoms with Crippen LogP contribution in [-0.2, 0) is 4.79 Å². The molecule has 2 aromatic heterocycles. The number of benzene rings is 2. The summed E-state index contributed by atoms with van der Waals surface area (Å²) < 4.78 is 7.57. The van der Waals surface area contributed by atoms with E-state index in [0.717, 1.165) is 33.5 Å². The van der Waals surface area contributed by atoms with Gasteiger partial charge in [0, 0.05) is 17.9 Å². The Morgan fingerprint density at radius 3 is 2.58 bits per heavy atom. The molecular weight excluding hydrogens is 388 g/mol.